The minimum atomic E-state index is -0.435. The van der Waals surface area contributed by atoms with Gasteiger partial charge in [-0.05, 0) is 52.6 Å². The molecule has 112 valence electrons. The summed E-state index contributed by atoms with van der Waals surface area (Å²) in [6.45, 7) is 9.39. The van der Waals surface area contributed by atoms with Crippen LogP contribution in [-0.2, 0) is 4.74 Å². The lowest BCUT2D eigenvalue weighted by Crippen LogP contribution is -2.41. The van der Waals surface area contributed by atoms with Gasteiger partial charge in [-0.1, -0.05) is 0 Å². The van der Waals surface area contributed by atoms with Crippen molar-refractivity contribution in [1.29, 1.82) is 0 Å². The van der Waals surface area contributed by atoms with Gasteiger partial charge in [0.25, 0.3) is 0 Å². The highest BCUT2D eigenvalue weighted by Crippen LogP contribution is 2.18. The molecule has 0 unspecified atom stereocenters. The SMILES string of the molecule is CN(CC1CCN(CCO)CC1)C(=O)OC(C)(C)C. The molecular formula is C14H28N2O3. The van der Waals surface area contributed by atoms with E-state index in [-0.39, 0.29) is 12.7 Å². The van der Waals surface area contributed by atoms with E-state index in [0.29, 0.717) is 5.92 Å². The fourth-order valence-electron chi connectivity index (χ4n) is 2.34. The van der Waals surface area contributed by atoms with E-state index in [4.69, 9.17) is 9.84 Å². The molecule has 1 amide bonds. The highest BCUT2D eigenvalue weighted by molar-refractivity contribution is 5.67. The Labute approximate surface area is 116 Å². The summed E-state index contributed by atoms with van der Waals surface area (Å²) < 4.78 is 5.34. The molecule has 1 fully saturated rings. The zero-order chi connectivity index (χ0) is 14.5. The van der Waals surface area contributed by atoms with Gasteiger partial charge in [0.15, 0.2) is 0 Å². The average molecular weight is 272 g/mol. The summed E-state index contributed by atoms with van der Waals surface area (Å²) in [4.78, 5) is 15.8. The van der Waals surface area contributed by atoms with Crippen LogP contribution < -0.4 is 0 Å². The maximum Gasteiger partial charge on any atom is 0.410 e. The molecule has 0 atom stereocenters. The van der Waals surface area contributed by atoms with E-state index >= 15 is 0 Å². The topological polar surface area (TPSA) is 53.0 Å². The Balaban J connectivity index is 2.30. The van der Waals surface area contributed by atoms with Crippen molar-refractivity contribution >= 4 is 6.09 Å². The number of aliphatic hydroxyl groups is 1. The van der Waals surface area contributed by atoms with Crippen LogP contribution in [0.2, 0.25) is 0 Å². The molecule has 0 bridgehead atoms. The molecule has 5 heteroatoms. The minimum absolute atomic E-state index is 0.225. The minimum Gasteiger partial charge on any atom is -0.444 e. The standard InChI is InChI=1S/C14H28N2O3/c1-14(2,3)19-13(18)15(4)11-12-5-7-16(8-6-12)9-10-17/h12,17H,5-11H2,1-4H3. The lowest BCUT2D eigenvalue weighted by atomic mass is 9.96. The van der Waals surface area contributed by atoms with Crippen LogP contribution >= 0.6 is 0 Å². The number of ether oxygens (including phenoxy) is 1. The molecule has 1 saturated heterocycles. The van der Waals surface area contributed by atoms with E-state index in [9.17, 15) is 4.79 Å². The first-order chi connectivity index (χ1) is 8.81. The molecule has 0 aromatic rings. The monoisotopic (exact) mass is 272 g/mol. The van der Waals surface area contributed by atoms with E-state index in [2.05, 4.69) is 4.90 Å². The summed E-state index contributed by atoms with van der Waals surface area (Å²) in [5, 5.41) is 8.90. The summed E-state index contributed by atoms with van der Waals surface area (Å²) >= 11 is 0. The number of carbonyl (C=O) groups excluding carboxylic acids is 1. The molecule has 0 aromatic carbocycles. The van der Waals surface area contributed by atoms with Crippen LogP contribution in [0.3, 0.4) is 0 Å². The molecule has 5 nitrogen and oxygen atoms in total. The summed E-state index contributed by atoms with van der Waals surface area (Å²) in [7, 11) is 1.80. The number of rotatable bonds is 4. The molecule has 0 saturated carbocycles. The van der Waals surface area contributed by atoms with Gasteiger partial charge in [-0.25, -0.2) is 4.79 Å². The quantitative estimate of drug-likeness (QED) is 0.844. The zero-order valence-corrected chi connectivity index (χ0v) is 12.7. The fourth-order valence-corrected chi connectivity index (χ4v) is 2.34. The number of β-amino-alcohol motifs (C(OH)–C–C–N with tert-alkyl or cyclic N) is 1. The van der Waals surface area contributed by atoms with Crippen LogP contribution in [0.1, 0.15) is 33.6 Å². The van der Waals surface area contributed by atoms with Crippen molar-refractivity contribution in [2.45, 2.75) is 39.2 Å². The Kier molecular flexibility index (Phi) is 6.07. The predicted molar refractivity (Wildman–Crippen MR) is 75.1 cm³/mol. The van der Waals surface area contributed by atoms with Gasteiger partial charge in [0.05, 0.1) is 6.61 Å². The van der Waals surface area contributed by atoms with Crippen LogP contribution in [0.4, 0.5) is 4.79 Å². The second kappa shape index (κ2) is 7.10. The molecular weight excluding hydrogens is 244 g/mol. The number of likely N-dealkylation sites (tertiary alicyclic amines) is 1. The molecule has 19 heavy (non-hydrogen) atoms. The largest absolute Gasteiger partial charge is 0.444 e. The molecule has 1 aliphatic heterocycles. The Hall–Kier alpha value is -0.810. The number of hydrogen-bond donors (Lipinski definition) is 1. The normalized spacial score (nSPS) is 18.4. The van der Waals surface area contributed by atoms with Gasteiger partial charge in [0.1, 0.15) is 5.60 Å². The lowest BCUT2D eigenvalue weighted by Gasteiger charge is -2.34. The predicted octanol–water partition coefficient (Wildman–Crippen LogP) is 1.56. The van der Waals surface area contributed by atoms with Crippen LogP contribution in [0.15, 0.2) is 0 Å². The third-order valence-electron chi connectivity index (χ3n) is 3.36. The van der Waals surface area contributed by atoms with Gasteiger partial charge >= 0.3 is 6.09 Å². The van der Waals surface area contributed by atoms with Gasteiger partial charge in [-0.3, -0.25) is 0 Å². The second-order valence-corrected chi connectivity index (χ2v) is 6.37. The number of piperidine rings is 1. The first kappa shape index (κ1) is 16.2. The molecule has 1 aliphatic rings. The van der Waals surface area contributed by atoms with Gasteiger partial charge in [0.2, 0.25) is 0 Å². The first-order valence-electron chi connectivity index (χ1n) is 7.09. The molecule has 0 radical (unpaired) electrons. The highest BCUT2D eigenvalue weighted by Gasteiger charge is 2.24. The molecule has 0 aromatic heterocycles. The summed E-state index contributed by atoms with van der Waals surface area (Å²) in [5.74, 6) is 0.535. The van der Waals surface area contributed by atoms with Crippen molar-refractivity contribution in [2.75, 3.05) is 39.8 Å². The summed E-state index contributed by atoms with van der Waals surface area (Å²) in [5.41, 5.74) is -0.435. The Morgan fingerprint density at radius 3 is 2.42 bits per heavy atom. The molecule has 0 spiro atoms. The highest BCUT2D eigenvalue weighted by atomic mass is 16.6. The van der Waals surface area contributed by atoms with Gasteiger partial charge in [-0.2, -0.15) is 0 Å². The van der Waals surface area contributed by atoms with Crippen LogP contribution in [0.25, 0.3) is 0 Å². The van der Waals surface area contributed by atoms with E-state index in [1.165, 1.54) is 0 Å². The van der Waals surface area contributed by atoms with Crippen molar-refractivity contribution in [1.82, 2.24) is 9.80 Å². The second-order valence-electron chi connectivity index (χ2n) is 6.37. The van der Waals surface area contributed by atoms with E-state index in [1.54, 1.807) is 11.9 Å². The maximum atomic E-state index is 11.9. The summed E-state index contributed by atoms with van der Waals surface area (Å²) in [6, 6.07) is 0. The average Bonchev–Trinajstić information content (AvgIpc) is 2.29. The summed E-state index contributed by atoms with van der Waals surface area (Å²) in [6.07, 6.45) is 1.91. The Morgan fingerprint density at radius 2 is 1.95 bits per heavy atom. The Bertz CT molecular complexity index is 281. The van der Waals surface area contributed by atoms with Crippen LogP contribution in [0, 0.1) is 5.92 Å². The van der Waals surface area contributed by atoms with E-state index in [0.717, 1.165) is 39.0 Å². The van der Waals surface area contributed by atoms with Crippen molar-refractivity contribution in [3.63, 3.8) is 0 Å². The van der Waals surface area contributed by atoms with Crippen molar-refractivity contribution < 1.29 is 14.6 Å². The molecule has 1 rings (SSSR count). The Morgan fingerprint density at radius 1 is 1.37 bits per heavy atom. The lowest BCUT2D eigenvalue weighted by molar-refractivity contribution is 0.0248. The fraction of sp³-hybridized carbons (Fsp3) is 0.929. The smallest absolute Gasteiger partial charge is 0.410 e. The number of aliphatic hydroxyl groups excluding tert-OH is 1. The molecule has 1 heterocycles. The molecule has 0 aliphatic carbocycles. The van der Waals surface area contributed by atoms with Crippen molar-refractivity contribution in [2.24, 2.45) is 5.92 Å². The van der Waals surface area contributed by atoms with E-state index in [1.807, 2.05) is 20.8 Å². The zero-order valence-electron chi connectivity index (χ0n) is 12.7. The van der Waals surface area contributed by atoms with Crippen LogP contribution in [-0.4, -0.2) is 66.4 Å². The van der Waals surface area contributed by atoms with Crippen molar-refractivity contribution in [3.05, 3.63) is 0 Å². The number of nitrogens with zero attached hydrogens (tertiary/aromatic N) is 2. The third-order valence-corrected chi connectivity index (χ3v) is 3.36. The third kappa shape index (κ3) is 6.25. The first-order valence-corrected chi connectivity index (χ1v) is 7.09. The molecule has 1 N–H and O–H groups in total. The number of amides is 1. The van der Waals surface area contributed by atoms with Crippen molar-refractivity contribution in [3.8, 4) is 0 Å². The maximum absolute atomic E-state index is 11.9. The van der Waals surface area contributed by atoms with E-state index < -0.39 is 5.60 Å². The van der Waals surface area contributed by atoms with Gasteiger partial charge in [-0.15, -0.1) is 0 Å². The number of carbonyl (C=O) groups is 1. The number of hydrogen-bond acceptors (Lipinski definition) is 4. The van der Waals surface area contributed by atoms with Gasteiger partial charge < -0.3 is 19.6 Å². The van der Waals surface area contributed by atoms with Crippen LogP contribution in [0.5, 0.6) is 0 Å². The van der Waals surface area contributed by atoms with Gasteiger partial charge in [0, 0.05) is 20.1 Å².